The number of hydrogen-bond acceptors (Lipinski definition) is 8. The van der Waals surface area contributed by atoms with Gasteiger partial charge in [0.1, 0.15) is 11.9 Å². The summed E-state index contributed by atoms with van der Waals surface area (Å²) in [6, 6.07) is 8.38. The maximum Gasteiger partial charge on any atom is 0.408 e. The Balaban J connectivity index is 0.000000352. The smallest absolute Gasteiger partial charge is 0.408 e. The van der Waals surface area contributed by atoms with Crippen molar-refractivity contribution in [3.8, 4) is 0 Å². The summed E-state index contributed by atoms with van der Waals surface area (Å²) in [6.07, 6.45) is 5.95. The number of anilines is 1. The molecule has 0 aliphatic carbocycles. The molecule has 0 spiro atoms. The predicted molar refractivity (Wildman–Crippen MR) is 98.9 cm³/mol. The minimum Gasteiger partial charge on any atom is -0.726 e. The molecule has 0 radical (unpaired) electrons. The van der Waals surface area contributed by atoms with Crippen molar-refractivity contribution < 1.29 is 21.7 Å². The zero-order valence-corrected chi connectivity index (χ0v) is 16.4. The van der Waals surface area contributed by atoms with E-state index in [0.29, 0.717) is 0 Å². The lowest BCUT2D eigenvalue weighted by atomic mass is 10.1. The number of hydrogen-bond donors (Lipinski definition) is 0. The lowest BCUT2D eigenvalue weighted by Crippen LogP contribution is -2.29. The fourth-order valence-corrected chi connectivity index (χ4v) is 3.09. The monoisotopic (exact) mass is 398 g/mol. The molecule has 1 aromatic carbocycles. The Kier molecular flexibility index (Phi) is 7.64. The van der Waals surface area contributed by atoms with Gasteiger partial charge < -0.3 is 9.45 Å². The molecule has 26 heavy (non-hydrogen) atoms. The van der Waals surface area contributed by atoms with Crippen molar-refractivity contribution >= 4 is 38.2 Å². The van der Waals surface area contributed by atoms with Gasteiger partial charge in [0.25, 0.3) is 0 Å². The van der Waals surface area contributed by atoms with Gasteiger partial charge in [-0.05, 0) is 60.0 Å². The van der Waals surface area contributed by atoms with Crippen LogP contribution in [0, 0.1) is 0 Å². The average molecular weight is 399 g/mol. The van der Waals surface area contributed by atoms with Crippen LogP contribution < -0.4 is 9.47 Å². The van der Waals surface area contributed by atoms with E-state index in [1.807, 2.05) is 35.3 Å². The van der Waals surface area contributed by atoms with Crippen LogP contribution in [0.3, 0.4) is 0 Å². The molecule has 0 N–H and O–H groups in total. The first-order valence-corrected chi connectivity index (χ1v) is 10.3. The van der Waals surface area contributed by atoms with E-state index in [4.69, 9.17) is 0 Å². The van der Waals surface area contributed by atoms with E-state index in [2.05, 4.69) is 31.4 Å². The molecule has 2 aromatic rings. The molecule has 1 aliphatic rings. The molecule has 10 heteroatoms. The third kappa shape index (κ3) is 6.79. The zero-order chi connectivity index (χ0) is 19.0. The van der Waals surface area contributed by atoms with Gasteiger partial charge in [-0.1, -0.05) is 0 Å². The third-order valence-corrected chi connectivity index (χ3v) is 5.03. The average Bonchev–Trinajstić information content (AvgIpc) is 3.06. The zero-order valence-electron chi connectivity index (χ0n) is 14.7. The van der Waals surface area contributed by atoms with Crippen LogP contribution in [-0.4, -0.2) is 33.2 Å². The maximum absolute atomic E-state index is 9.22. The third-order valence-electron chi connectivity index (χ3n) is 3.79. The number of benzene rings is 1. The molecular formula is C16H22N4O4S2. The molecule has 3 rings (SSSR count). The fraction of sp³-hybridized carbons (Fsp3) is 0.438. The summed E-state index contributed by atoms with van der Waals surface area (Å²) >= 11 is 1.59. The van der Waals surface area contributed by atoms with E-state index in [0.717, 1.165) is 17.9 Å². The lowest BCUT2D eigenvalue weighted by molar-refractivity contribution is -0.654. The van der Waals surface area contributed by atoms with Crippen molar-refractivity contribution in [3.05, 3.63) is 35.8 Å². The Labute approximate surface area is 157 Å². The predicted octanol–water partition coefficient (Wildman–Crippen LogP) is 3.07. The topological polar surface area (TPSA) is 98.3 Å². The number of piperidine rings is 1. The molecule has 1 fully saturated rings. The van der Waals surface area contributed by atoms with E-state index in [9.17, 15) is 13.0 Å². The summed E-state index contributed by atoms with van der Waals surface area (Å²) in [5.41, 5.74) is 2.20. The van der Waals surface area contributed by atoms with Crippen LogP contribution in [0.25, 0.3) is 0 Å². The molecule has 1 aliphatic heterocycles. The highest BCUT2D eigenvalue weighted by molar-refractivity contribution is 7.80. The molecule has 142 valence electrons. The number of aromatic nitrogens is 1. The Bertz CT molecular complexity index is 813. The number of thiazole rings is 1. The molecule has 0 atom stereocenters. The first-order valence-electron chi connectivity index (χ1n) is 8.10. The number of rotatable bonds is 4. The van der Waals surface area contributed by atoms with E-state index >= 15 is 0 Å². The minimum absolute atomic E-state index is 0.808. The molecule has 0 saturated carbocycles. The van der Waals surface area contributed by atoms with Gasteiger partial charge >= 0.3 is 5.13 Å². The van der Waals surface area contributed by atoms with Crippen LogP contribution in [0.4, 0.5) is 16.5 Å². The summed E-state index contributed by atoms with van der Waals surface area (Å²) in [5, 5.41) is 11.5. The largest absolute Gasteiger partial charge is 0.726 e. The molecule has 0 amide bonds. The first kappa shape index (κ1) is 20.4. The number of nitrogens with zero attached hydrogens (tertiary/aromatic N) is 4. The summed E-state index contributed by atoms with van der Waals surface area (Å²) in [4.78, 5) is 2.45. The van der Waals surface area contributed by atoms with Gasteiger partial charge in [0, 0.05) is 24.2 Å². The second-order valence-corrected chi connectivity index (χ2v) is 7.66. The van der Waals surface area contributed by atoms with E-state index in [1.165, 1.54) is 38.0 Å². The molecule has 1 aromatic heterocycles. The second kappa shape index (κ2) is 9.72. The molecule has 0 bridgehead atoms. The summed E-state index contributed by atoms with van der Waals surface area (Å²) in [5.74, 6) is 0. The summed E-state index contributed by atoms with van der Waals surface area (Å²) < 4.78 is 33.0. The first-order chi connectivity index (χ1) is 12.4. The van der Waals surface area contributed by atoms with Gasteiger partial charge in [0.2, 0.25) is 10.4 Å². The second-order valence-electron chi connectivity index (χ2n) is 5.64. The van der Waals surface area contributed by atoms with Crippen LogP contribution in [0.5, 0.6) is 0 Å². The van der Waals surface area contributed by atoms with Crippen LogP contribution in [0.2, 0.25) is 0 Å². The molecule has 0 unspecified atom stereocenters. The van der Waals surface area contributed by atoms with E-state index in [-0.39, 0.29) is 0 Å². The molecule has 1 saturated heterocycles. The highest BCUT2D eigenvalue weighted by atomic mass is 32.3. The van der Waals surface area contributed by atoms with E-state index < -0.39 is 10.4 Å². The Morgan fingerprint density at radius 1 is 1.15 bits per heavy atom. The van der Waals surface area contributed by atoms with Gasteiger partial charge in [-0.15, -0.1) is 0 Å². The summed E-state index contributed by atoms with van der Waals surface area (Å²) in [7, 11) is -1.63. The summed E-state index contributed by atoms with van der Waals surface area (Å²) in [6.45, 7) is 2.35. The van der Waals surface area contributed by atoms with Crippen molar-refractivity contribution in [2.45, 2.75) is 19.3 Å². The van der Waals surface area contributed by atoms with Crippen molar-refractivity contribution in [2.75, 3.05) is 25.1 Å². The SMILES string of the molecule is COS(=O)(=O)[O-].C[n+]1ccsc1N=Nc1ccc(N2CCCCC2)cc1. The fourth-order valence-electron chi connectivity index (χ4n) is 2.41. The highest BCUT2D eigenvalue weighted by Crippen LogP contribution is 2.24. The van der Waals surface area contributed by atoms with Crippen molar-refractivity contribution in [1.29, 1.82) is 0 Å². The Hall–Kier alpha value is -1.88. The minimum atomic E-state index is -4.41. The van der Waals surface area contributed by atoms with Crippen LogP contribution >= 0.6 is 11.3 Å². The molecule has 2 heterocycles. The van der Waals surface area contributed by atoms with Gasteiger partial charge in [-0.3, -0.25) is 4.18 Å². The maximum atomic E-state index is 9.22. The normalized spacial score (nSPS) is 15.0. The van der Waals surface area contributed by atoms with Gasteiger partial charge in [0.15, 0.2) is 0 Å². The number of azo groups is 1. The Morgan fingerprint density at radius 2 is 1.77 bits per heavy atom. The van der Waals surface area contributed by atoms with Gasteiger partial charge in [0.05, 0.1) is 19.3 Å². The van der Waals surface area contributed by atoms with Crippen LogP contribution in [-0.2, 0) is 21.6 Å². The standard InChI is InChI=1S/C15H19N4S.CH4O4S/c1-18-11-12-20-15(18)17-16-13-5-7-14(8-6-13)19-9-3-2-4-10-19;1-5-6(2,3)4/h5-8,11-12H,2-4,9-10H2,1H3;1H3,(H,2,3,4)/q+1;/p-1. The van der Waals surface area contributed by atoms with E-state index in [1.54, 1.807) is 11.3 Å². The quantitative estimate of drug-likeness (QED) is 0.341. The van der Waals surface area contributed by atoms with Crippen LogP contribution in [0.1, 0.15) is 19.3 Å². The molecular weight excluding hydrogens is 376 g/mol. The van der Waals surface area contributed by atoms with Crippen LogP contribution in [0.15, 0.2) is 46.1 Å². The van der Waals surface area contributed by atoms with Gasteiger partial charge in [-0.2, -0.15) is 0 Å². The molecule has 8 nitrogen and oxygen atoms in total. The Morgan fingerprint density at radius 3 is 2.27 bits per heavy atom. The van der Waals surface area contributed by atoms with Crippen molar-refractivity contribution in [3.63, 3.8) is 0 Å². The van der Waals surface area contributed by atoms with Gasteiger partial charge in [-0.25, -0.2) is 13.0 Å². The van der Waals surface area contributed by atoms with Crippen molar-refractivity contribution in [2.24, 2.45) is 17.3 Å². The number of aryl methyl sites for hydroxylation is 1. The lowest BCUT2D eigenvalue weighted by Gasteiger charge is -2.28. The highest BCUT2D eigenvalue weighted by Gasteiger charge is 2.11. The van der Waals surface area contributed by atoms with Crippen molar-refractivity contribution in [1.82, 2.24) is 0 Å².